The van der Waals surface area contributed by atoms with Crippen LogP contribution in [0, 0.1) is 23.7 Å². The molecule has 1 amide bonds. The Morgan fingerprint density at radius 2 is 1.52 bits per heavy atom. The number of nitrogens with two attached hydrogens (primary N) is 1. The van der Waals surface area contributed by atoms with E-state index < -0.39 is 17.4 Å². The number of nitrogen functional groups attached to an aromatic ring is 1. The van der Waals surface area contributed by atoms with Crippen LogP contribution >= 0.6 is 0 Å². The molecule has 1 aromatic heterocycles. The minimum atomic E-state index is -1.29. The smallest absolute Gasteiger partial charge is 0.330 e. The summed E-state index contributed by atoms with van der Waals surface area (Å²) in [6.07, 6.45) is 4.55. The van der Waals surface area contributed by atoms with Gasteiger partial charge in [0.25, 0.3) is 5.91 Å². The van der Waals surface area contributed by atoms with Gasteiger partial charge in [-0.1, -0.05) is 30.3 Å². The molecule has 4 aliphatic carbocycles. The average Bonchev–Trinajstić information content (AvgIpc) is 3.43. The fourth-order valence-corrected chi connectivity index (χ4v) is 8.23. The standard InChI is InChI=1S/C33H34N4O5/c1-41-28-8-5-9-29(42-2)30(28)27-17-25(36-37(27)26-11-10-24(34)22-6-3-4-7-23(22)26)31(38)35-33(32(39)40)20-13-18-12-19(15-20)16-21(33)14-18/h3-11,17-21H,12-16,34H2,1-2H3,(H,35,38)(H,39,40). The average molecular weight is 567 g/mol. The van der Waals surface area contributed by atoms with Crippen LogP contribution in [0.2, 0.25) is 0 Å². The Hall–Kier alpha value is -4.53. The Balaban J connectivity index is 1.39. The molecule has 0 saturated heterocycles. The normalized spacial score (nSPS) is 25.9. The van der Waals surface area contributed by atoms with Gasteiger partial charge in [0.15, 0.2) is 5.69 Å². The molecule has 42 heavy (non-hydrogen) atoms. The van der Waals surface area contributed by atoms with E-state index in [-0.39, 0.29) is 17.5 Å². The van der Waals surface area contributed by atoms with Crippen LogP contribution in [-0.4, -0.2) is 46.5 Å². The molecule has 4 aromatic rings. The fourth-order valence-electron chi connectivity index (χ4n) is 8.23. The van der Waals surface area contributed by atoms with Crippen LogP contribution in [0.1, 0.15) is 42.6 Å². The number of carboxylic acids is 1. The summed E-state index contributed by atoms with van der Waals surface area (Å²) in [5, 5.41) is 20.2. The highest BCUT2D eigenvalue weighted by Gasteiger charge is 2.62. The SMILES string of the molecule is COc1cccc(OC)c1-c1cc(C(=O)NC2(C(=O)O)C3CC4CC(C3)CC2C4)nn1-c1ccc(N)c2ccccc12. The first-order valence-corrected chi connectivity index (χ1v) is 14.5. The van der Waals surface area contributed by atoms with Crippen LogP contribution in [0.5, 0.6) is 11.5 Å². The zero-order chi connectivity index (χ0) is 29.2. The van der Waals surface area contributed by atoms with Crippen molar-refractivity contribution in [3.63, 3.8) is 0 Å². The Labute approximate surface area is 243 Å². The van der Waals surface area contributed by atoms with Crippen LogP contribution in [0.25, 0.3) is 27.7 Å². The number of fused-ring (bicyclic) bond motifs is 1. The lowest BCUT2D eigenvalue weighted by molar-refractivity contribution is -0.163. The van der Waals surface area contributed by atoms with Crippen molar-refractivity contribution in [1.82, 2.24) is 15.1 Å². The predicted molar refractivity (Wildman–Crippen MR) is 159 cm³/mol. The van der Waals surface area contributed by atoms with E-state index in [1.807, 2.05) is 54.6 Å². The van der Waals surface area contributed by atoms with E-state index in [1.54, 1.807) is 25.0 Å². The monoisotopic (exact) mass is 566 g/mol. The van der Waals surface area contributed by atoms with Crippen molar-refractivity contribution in [2.45, 2.75) is 37.6 Å². The summed E-state index contributed by atoms with van der Waals surface area (Å²) in [5.41, 5.74) is 7.67. The summed E-state index contributed by atoms with van der Waals surface area (Å²) in [5.74, 6) is 0.604. The second-order valence-corrected chi connectivity index (χ2v) is 12.0. The number of carbonyl (C=O) groups excluding carboxylic acids is 1. The van der Waals surface area contributed by atoms with Gasteiger partial charge in [-0.3, -0.25) is 4.79 Å². The number of ether oxygens (including phenoxy) is 2. The van der Waals surface area contributed by atoms with Gasteiger partial charge in [-0.05, 0) is 86.1 Å². The zero-order valence-corrected chi connectivity index (χ0v) is 23.7. The number of aliphatic carboxylic acids is 1. The lowest BCUT2D eigenvalue weighted by atomic mass is 9.48. The molecular weight excluding hydrogens is 532 g/mol. The van der Waals surface area contributed by atoms with Crippen LogP contribution in [0.4, 0.5) is 5.69 Å². The van der Waals surface area contributed by atoms with Gasteiger partial charge in [-0.2, -0.15) is 5.10 Å². The minimum Gasteiger partial charge on any atom is -0.496 e. The topological polar surface area (TPSA) is 129 Å². The summed E-state index contributed by atoms with van der Waals surface area (Å²) in [6.45, 7) is 0. The Morgan fingerprint density at radius 1 is 0.905 bits per heavy atom. The molecule has 3 aromatic carbocycles. The van der Waals surface area contributed by atoms with Gasteiger partial charge in [0.05, 0.1) is 31.2 Å². The van der Waals surface area contributed by atoms with E-state index in [2.05, 4.69) is 5.32 Å². The lowest BCUT2D eigenvalue weighted by Crippen LogP contribution is -2.70. The van der Waals surface area contributed by atoms with Crippen molar-refractivity contribution < 1.29 is 24.2 Å². The van der Waals surface area contributed by atoms with Crippen molar-refractivity contribution in [3.8, 4) is 28.4 Å². The predicted octanol–water partition coefficient (Wildman–Crippen LogP) is 5.30. The second-order valence-electron chi connectivity index (χ2n) is 12.0. The number of methoxy groups -OCH3 is 2. The van der Waals surface area contributed by atoms with Gasteiger partial charge in [-0.15, -0.1) is 0 Å². The summed E-state index contributed by atoms with van der Waals surface area (Å²) in [6, 6.07) is 18.6. The fraction of sp³-hybridized carbons (Fsp3) is 0.364. The first-order valence-electron chi connectivity index (χ1n) is 14.5. The van der Waals surface area contributed by atoms with Gasteiger partial charge in [0.2, 0.25) is 0 Å². The van der Waals surface area contributed by atoms with E-state index in [4.69, 9.17) is 20.3 Å². The maximum Gasteiger partial charge on any atom is 0.330 e. The Kier molecular flexibility index (Phi) is 6.15. The molecular formula is C33H34N4O5. The molecule has 0 atom stereocenters. The summed E-state index contributed by atoms with van der Waals surface area (Å²) in [7, 11) is 3.16. The highest BCUT2D eigenvalue weighted by atomic mass is 16.5. The van der Waals surface area contributed by atoms with Crippen LogP contribution in [-0.2, 0) is 4.79 Å². The molecule has 9 nitrogen and oxygen atoms in total. The molecule has 4 bridgehead atoms. The van der Waals surface area contributed by atoms with Crippen molar-refractivity contribution in [1.29, 1.82) is 0 Å². The van der Waals surface area contributed by atoms with Crippen LogP contribution < -0.4 is 20.5 Å². The zero-order valence-electron chi connectivity index (χ0n) is 23.7. The number of carbonyl (C=O) groups is 2. The molecule has 216 valence electrons. The largest absolute Gasteiger partial charge is 0.496 e. The van der Waals surface area contributed by atoms with Gasteiger partial charge in [-0.25, -0.2) is 9.48 Å². The molecule has 0 radical (unpaired) electrons. The third kappa shape index (κ3) is 3.86. The highest BCUT2D eigenvalue weighted by Crippen LogP contribution is 2.58. The van der Waals surface area contributed by atoms with Gasteiger partial charge in [0, 0.05) is 16.5 Å². The van der Waals surface area contributed by atoms with E-state index in [0.717, 1.165) is 36.5 Å². The number of aromatic nitrogens is 2. The molecule has 1 heterocycles. The summed E-state index contributed by atoms with van der Waals surface area (Å²) >= 11 is 0. The molecule has 0 unspecified atom stereocenters. The van der Waals surface area contributed by atoms with Crippen LogP contribution in [0.3, 0.4) is 0 Å². The Bertz CT molecular complexity index is 1680. The maximum absolute atomic E-state index is 14.1. The van der Waals surface area contributed by atoms with E-state index >= 15 is 0 Å². The quantitative estimate of drug-likeness (QED) is 0.259. The van der Waals surface area contributed by atoms with Gasteiger partial charge >= 0.3 is 5.97 Å². The molecule has 4 fully saturated rings. The molecule has 4 N–H and O–H groups in total. The first kappa shape index (κ1) is 26.4. The number of carboxylic acid groups (broad SMARTS) is 1. The molecule has 8 rings (SSSR count). The molecule has 9 heteroatoms. The van der Waals surface area contributed by atoms with Crippen molar-refractivity contribution in [2.75, 3.05) is 20.0 Å². The Morgan fingerprint density at radius 3 is 2.12 bits per heavy atom. The maximum atomic E-state index is 14.1. The third-order valence-corrected chi connectivity index (χ3v) is 9.89. The van der Waals surface area contributed by atoms with Crippen molar-refractivity contribution in [3.05, 3.63) is 66.4 Å². The van der Waals surface area contributed by atoms with E-state index in [9.17, 15) is 14.7 Å². The molecule has 4 aliphatic rings. The van der Waals surface area contributed by atoms with E-state index in [0.29, 0.717) is 46.0 Å². The van der Waals surface area contributed by atoms with Crippen molar-refractivity contribution in [2.24, 2.45) is 23.7 Å². The lowest BCUT2D eigenvalue weighted by Gasteiger charge is -2.59. The number of benzene rings is 3. The van der Waals surface area contributed by atoms with Gasteiger partial charge in [0.1, 0.15) is 17.0 Å². The number of rotatable bonds is 7. The number of nitrogens with one attached hydrogen (secondary N) is 1. The summed E-state index contributed by atoms with van der Waals surface area (Å²) in [4.78, 5) is 27.0. The number of nitrogens with zero attached hydrogens (tertiary/aromatic N) is 2. The minimum absolute atomic E-state index is 0.0768. The number of hydrogen-bond donors (Lipinski definition) is 3. The molecule has 0 spiro atoms. The highest BCUT2D eigenvalue weighted by molar-refractivity contribution is 6.01. The van der Waals surface area contributed by atoms with Crippen molar-refractivity contribution >= 4 is 28.3 Å². The third-order valence-electron chi connectivity index (χ3n) is 9.89. The van der Waals surface area contributed by atoms with Gasteiger partial charge < -0.3 is 25.6 Å². The molecule has 4 saturated carbocycles. The van der Waals surface area contributed by atoms with Crippen LogP contribution in [0.15, 0.2) is 60.7 Å². The number of amides is 1. The van der Waals surface area contributed by atoms with E-state index in [1.165, 1.54) is 6.42 Å². The first-order chi connectivity index (χ1) is 20.3. The summed E-state index contributed by atoms with van der Waals surface area (Å²) < 4.78 is 13.1. The number of hydrogen-bond acceptors (Lipinski definition) is 6. The number of anilines is 1. The molecule has 0 aliphatic heterocycles. The second kappa shape index (κ2) is 9.79.